The van der Waals surface area contributed by atoms with E-state index in [2.05, 4.69) is 10.5 Å². The van der Waals surface area contributed by atoms with E-state index >= 15 is 0 Å². The van der Waals surface area contributed by atoms with Crippen LogP contribution in [0.15, 0.2) is 45.3 Å². The van der Waals surface area contributed by atoms with E-state index in [1.54, 1.807) is 6.07 Å². The molecule has 3 aromatic heterocycles. The largest absolute Gasteiger partial charge is 0.456 e. The first kappa shape index (κ1) is 17.9. The van der Waals surface area contributed by atoms with Crippen LogP contribution < -0.4 is 5.32 Å². The predicted molar refractivity (Wildman–Crippen MR) is 105 cm³/mol. The van der Waals surface area contributed by atoms with E-state index in [4.69, 9.17) is 13.9 Å². The second-order valence-electron chi connectivity index (χ2n) is 6.61. The molecule has 4 aromatic rings. The number of anilines is 1. The van der Waals surface area contributed by atoms with E-state index in [1.807, 2.05) is 44.2 Å². The predicted octanol–water partition coefficient (Wildman–Crippen LogP) is 4.22. The summed E-state index contributed by atoms with van der Waals surface area (Å²) < 4.78 is 11.1. The Morgan fingerprint density at radius 1 is 1.21 bits per heavy atom. The highest BCUT2D eigenvalue weighted by atomic mass is 16.5. The minimum Gasteiger partial charge on any atom is -0.456 e. The summed E-state index contributed by atoms with van der Waals surface area (Å²) >= 11 is 0. The number of pyridine rings is 1. The fraction of sp³-hybridized carbons (Fsp3) is 0.190. The van der Waals surface area contributed by atoms with E-state index in [0.29, 0.717) is 34.2 Å². The lowest BCUT2D eigenvalue weighted by Crippen LogP contribution is -2.05. The highest BCUT2D eigenvalue weighted by Crippen LogP contribution is 2.35. The van der Waals surface area contributed by atoms with Gasteiger partial charge in [0.1, 0.15) is 23.8 Å². The van der Waals surface area contributed by atoms with Crippen LogP contribution in [0.2, 0.25) is 0 Å². The molecule has 28 heavy (non-hydrogen) atoms. The van der Waals surface area contributed by atoms with Crippen LogP contribution in [0.3, 0.4) is 0 Å². The molecule has 0 spiro atoms. The van der Waals surface area contributed by atoms with Gasteiger partial charge in [0.15, 0.2) is 5.58 Å². The van der Waals surface area contributed by atoms with Crippen LogP contribution in [-0.4, -0.2) is 21.2 Å². The van der Waals surface area contributed by atoms with Crippen molar-refractivity contribution in [3.8, 4) is 22.5 Å². The summed E-state index contributed by atoms with van der Waals surface area (Å²) in [6, 6.07) is 11.1. The van der Waals surface area contributed by atoms with Crippen LogP contribution >= 0.6 is 0 Å². The maximum atomic E-state index is 11.4. The van der Waals surface area contributed by atoms with Crippen molar-refractivity contribution in [2.45, 2.75) is 27.4 Å². The van der Waals surface area contributed by atoms with Crippen molar-refractivity contribution in [1.29, 1.82) is 0 Å². The number of nitrogens with zero attached hydrogens (tertiary/aromatic N) is 2. The monoisotopic (exact) mass is 377 g/mol. The van der Waals surface area contributed by atoms with E-state index in [0.717, 1.165) is 22.2 Å². The van der Waals surface area contributed by atoms with Gasteiger partial charge in [-0.3, -0.25) is 4.79 Å². The van der Waals surface area contributed by atoms with Crippen LogP contribution in [0.1, 0.15) is 24.1 Å². The molecular weight excluding hydrogens is 358 g/mol. The van der Waals surface area contributed by atoms with Gasteiger partial charge in [-0.05, 0) is 38.1 Å². The maximum Gasteiger partial charge on any atom is 0.221 e. The van der Waals surface area contributed by atoms with Gasteiger partial charge in [-0.25, -0.2) is 4.98 Å². The second kappa shape index (κ2) is 6.94. The molecule has 3 heterocycles. The van der Waals surface area contributed by atoms with Crippen LogP contribution in [0.25, 0.3) is 33.5 Å². The number of amides is 1. The highest BCUT2D eigenvalue weighted by Gasteiger charge is 2.19. The summed E-state index contributed by atoms with van der Waals surface area (Å²) in [5, 5.41) is 17.1. The topological polar surface area (TPSA) is 101 Å². The fourth-order valence-electron chi connectivity index (χ4n) is 3.30. The van der Waals surface area contributed by atoms with Gasteiger partial charge in [-0.1, -0.05) is 17.3 Å². The molecule has 0 radical (unpaired) electrons. The molecule has 142 valence electrons. The Balaban J connectivity index is 1.96. The lowest BCUT2D eigenvalue weighted by atomic mass is 10.0. The van der Waals surface area contributed by atoms with Crippen molar-refractivity contribution >= 4 is 22.6 Å². The fourth-order valence-corrected chi connectivity index (χ4v) is 3.30. The zero-order valence-corrected chi connectivity index (χ0v) is 15.7. The van der Waals surface area contributed by atoms with Gasteiger partial charge in [0, 0.05) is 23.6 Å². The van der Waals surface area contributed by atoms with Crippen molar-refractivity contribution < 1.29 is 18.8 Å². The van der Waals surface area contributed by atoms with Gasteiger partial charge in [0.05, 0.1) is 17.0 Å². The number of nitrogens with one attached hydrogen (secondary N) is 1. The lowest BCUT2D eigenvalue weighted by molar-refractivity contribution is -0.114. The number of aromatic nitrogens is 2. The third kappa shape index (κ3) is 3.16. The van der Waals surface area contributed by atoms with Crippen molar-refractivity contribution in [2.24, 2.45) is 0 Å². The molecule has 0 unspecified atom stereocenters. The van der Waals surface area contributed by atoms with Crippen molar-refractivity contribution in [1.82, 2.24) is 10.1 Å². The van der Waals surface area contributed by atoms with Crippen molar-refractivity contribution in [2.75, 3.05) is 5.32 Å². The zero-order valence-electron chi connectivity index (χ0n) is 15.7. The van der Waals surface area contributed by atoms with Crippen LogP contribution in [0, 0.1) is 13.8 Å². The number of hydrogen-bond donors (Lipinski definition) is 2. The van der Waals surface area contributed by atoms with E-state index in [-0.39, 0.29) is 12.5 Å². The highest BCUT2D eigenvalue weighted by molar-refractivity contribution is 5.95. The second-order valence-corrected chi connectivity index (χ2v) is 6.61. The number of aliphatic hydroxyl groups is 1. The Morgan fingerprint density at radius 3 is 2.71 bits per heavy atom. The van der Waals surface area contributed by atoms with Gasteiger partial charge >= 0.3 is 0 Å². The molecule has 0 fully saturated rings. The Bertz CT molecular complexity index is 1170. The van der Waals surface area contributed by atoms with Crippen LogP contribution in [0.4, 0.5) is 5.69 Å². The number of carbonyl (C=O) groups is 1. The number of furan rings is 1. The Hall–Kier alpha value is -3.45. The van der Waals surface area contributed by atoms with Gasteiger partial charge in [-0.2, -0.15) is 0 Å². The van der Waals surface area contributed by atoms with Crippen molar-refractivity contribution in [3.05, 3.63) is 53.6 Å². The van der Waals surface area contributed by atoms with Crippen LogP contribution in [0.5, 0.6) is 0 Å². The first-order chi connectivity index (χ1) is 13.5. The summed E-state index contributed by atoms with van der Waals surface area (Å²) in [6.07, 6.45) is 0. The number of aryl methyl sites for hydroxylation is 2. The summed E-state index contributed by atoms with van der Waals surface area (Å²) in [6.45, 7) is 4.96. The summed E-state index contributed by atoms with van der Waals surface area (Å²) in [5.74, 6) is 0.973. The standard InChI is InChI=1S/C21H19N3O4/c1-11-19(12(2)28-24-11)18-9-15-8-17(10-25)27-21(15)20(23-18)14-5-4-6-16(7-14)22-13(3)26/h4-9,25H,10H2,1-3H3,(H,22,26). The minimum absolute atomic E-state index is 0.153. The summed E-state index contributed by atoms with van der Waals surface area (Å²) in [7, 11) is 0. The summed E-state index contributed by atoms with van der Waals surface area (Å²) in [5.41, 5.74) is 4.90. The molecule has 0 aliphatic heterocycles. The Labute approximate surface area is 161 Å². The third-order valence-corrected chi connectivity index (χ3v) is 4.45. The molecular formula is C21H19N3O4. The molecule has 7 nitrogen and oxygen atoms in total. The average molecular weight is 377 g/mol. The minimum atomic E-state index is -0.208. The molecule has 1 aromatic carbocycles. The number of hydrogen-bond acceptors (Lipinski definition) is 6. The Kier molecular flexibility index (Phi) is 4.44. The molecule has 2 N–H and O–H groups in total. The molecule has 1 amide bonds. The molecule has 0 bridgehead atoms. The summed E-state index contributed by atoms with van der Waals surface area (Å²) in [4.78, 5) is 16.2. The SMILES string of the molecule is CC(=O)Nc1cccc(-c2nc(-c3c(C)noc3C)cc3cc(CO)oc23)c1. The molecule has 0 saturated carbocycles. The van der Waals surface area contributed by atoms with Crippen LogP contribution in [-0.2, 0) is 11.4 Å². The Morgan fingerprint density at radius 2 is 2.04 bits per heavy atom. The molecule has 0 saturated heterocycles. The lowest BCUT2D eigenvalue weighted by Gasteiger charge is -2.08. The number of aliphatic hydroxyl groups excluding tert-OH is 1. The molecule has 0 atom stereocenters. The van der Waals surface area contributed by atoms with Gasteiger partial charge in [-0.15, -0.1) is 0 Å². The molecule has 0 aliphatic carbocycles. The molecule has 7 heteroatoms. The first-order valence-electron chi connectivity index (χ1n) is 8.82. The quantitative estimate of drug-likeness (QED) is 0.552. The number of benzene rings is 1. The number of fused-ring (bicyclic) bond motifs is 1. The first-order valence-corrected chi connectivity index (χ1v) is 8.82. The normalized spacial score (nSPS) is 11.1. The number of carbonyl (C=O) groups excluding carboxylic acids is 1. The molecule has 0 aliphatic rings. The third-order valence-electron chi connectivity index (χ3n) is 4.45. The maximum absolute atomic E-state index is 11.4. The average Bonchev–Trinajstić information content (AvgIpc) is 3.23. The van der Waals surface area contributed by atoms with E-state index < -0.39 is 0 Å². The van der Waals surface area contributed by atoms with E-state index in [9.17, 15) is 9.90 Å². The zero-order chi connectivity index (χ0) is 19.8. The van der Waals surface area contributed by atoms with E-state index in [1.165, 1.54) is 6.92 Å². The molecule has 4 rings (SSSR count). The number of rotatable bonds is 4. The van der Waals surface area contributed by atoms with Gasteiger partial charge in [0.25, 0.3) is 0 Å². The van der Waals surface area contributed by atoms with Gasteiger partial charge in [0.2, 0.25) is 5.91 Å². The van der Waals surface area contributed by atoms with Crippen molar-refractivity contribution in [3.63, 3.8) is 0 Å². The van der Waals surface area contributed by atoms with Gasteiger partial charge < -0.3 is 19.4 Å². The smallest absolute Gasteiger partial charge is 0.221 e.